The molecule has 8 heteroatoms. The van der Waals surface area contributed by atoms with E-state index in [1.807, 2.05) is 28.9 Å². The number of halogens is 1. The predicted octanol–water partition coefficient (Wildman–Crippen LogP) is 3.99. The fourth-order valence-corrected chi connectivity index (χ4v) is 6.51. The van der Waals surface area contributed by atoms with Crippen LogP contribution in [-0.2, 0) is 24.7 Å². The predicted molar refractivity (Wildman–Crippen MR) is 138 cm³/mol. The molecule has 0 N–H and O–H groups in total. The first-order chi connectivity index (χ1) is 17.9. The van der Waals surface area contributed by atoms with Crippen LogP contribution in [0.3, 0.4) is 0 Å². The van der Waals surface area contributed by atoms with Crippen LogP contribution in [0.4, 0.5) is 10.2 Å². The molecule has 0 bridgehead atoms. The summed E-state index contributed by atoms with van der Waals surface area (Å²) in [6.45, 7) is 6.43. The van der Waals surface area contributed by atoms with Gasteiger partial charge in [0.25, 0.3) is 0 Å². The van der Waals surface area contributed by atoms with Crippen molar-refractivity contribution < 1.29 is 9.18 Å². The molecule has 2 saturated heterocycles. The van der Waals surface area contributed by atoms with E-state index >= 15 is 4.39 Å². The molecule has 3 aromatic rings. The number of likely N-dealkylation sites (tertiary alicyclic amines) is 1. The SMILES string of the molecule is C=CC(=O)N1CC2(CCN(c3nc4c(c(-c5ccccc5F)c3C#N)CC[C@H](c3ccnn3C)C4)C2)C1. The van der Waals surface area contributed by atoms with E-state index in [4.69, 9.17) is 4.98 Å². The highest BCUT2D eigenvalue weighted by atomic mass is 19.1. The van der Waals surface area contributed by atoms with Gasteiger partial charge in [-0.2, -0.15) is 10.4 Å². The summed E-state index contributed by atoms with van der Waals surface area (Å²) in [4.78, 5) is 21.1. The molecule has 188 valence electrons. The van der Waals surface area contributed by atoms with Gasteiger partial charge in [0, 0.05) is 73.3 Å². The second-order valence-corrected chi connectivity index (χ2v) is 10.6. The van der Waals surface area contributed by atoms with Crippen molar-refractivity contribution in [3.8, 4) is 17.2 Å². The molecule has 2 aliphatic heterocycles. The van der Waals surface area contributed by atoms with Crippen LogP contribution in [0.15, 0.2) is 49.2 Å². The molecule has 0 saturated carbocycles. The molecule has 0 radical (unpaired) electrons. The van der Waals surface area contributed by atoms with E-state index in [0.717, 1.165) is 55.7 Å². The molecular weight excluding hydrogens is 467 g/mol. The maximum atomic E-state index is 15.2. The second kappa shape index (κ2) is 8.84. The first-order valence-electron chi connectivity index (χ1n) is 12.8. The number of carbonyl (C=O) groups excluding carboxylic acids is 1. The summed E-state index contributed by atoms with van der Waals surface area (Å²) < 4.78 is 17.1. The van der Waals surface area contributed by atoms with Gasteiger partial charge in [0.15, 0.2) is 0 Å². The number of fused-ring (bicyclic) bond motifs is 1. The minimum absolute atomic E-state index is 0.00160. The van der Waals surface area contributed by atoms with Crippen molar-refractivity contribution in [2.75, 3.05) is 31.1 Å². The van der Waals surface area contributed by atoms with Crippen molar-refractivity contribution in [2.45, 2.75) is 31.6 Å². The Morgan fingerprint density at radius 1 is 1.27 bits per heavy atom. The zero-order valence-corrected chi connectivity index (χ0v) is 21.0. The number of hydrogen-bond acceptors (Lipinski definition) is 5. The lowest BCUT2D eigenvalue weighted by atomic mass is 9.79. The molecule has 1 spiro atoms. The number of carbonyl (C=O) groups is 1. The summed E-state index contributed by atoms with van der Waals surface area (Å²) >= 11 is 0. The first kappa shape index (κ1) is 23.4. The number of aromatic nitrogens is 3. The van der Waals surface area contributed by atoms with Crippen LogP contribution in [0, 0.1) is 22.6 Å². The Morgan fingerprint density at radius 3 is 2.78 bits per heavy atom. The highest BCUT2D eigenvalue weighted by Crippen LogP contribution is 2.45. The Labute approximate surface area is 215 Å². The van der Waals surface area contributed by atoms with Crippen molar-refractivity contribution in [3.05, 3.63) is 77.5 Å². The molecule has 4 heterocycles. The van der Waals surface area contributed by atoms with Crippen LogP contribution in [-0.4, -0.2) is 51.8 Å². The molecule has 6 rings (SSSR count). The van der Waals surface area contributed by atoms with Crippen molar-refractivity contribution in [2.24, 2.45) is 12.5 Å². The van der Waals surface area contributed by atoms with Gasteiger partial charge in [0.2, 0.25) is 5.91 Å². The largest absolute Gasteiger partial charge is 0.355 e. The maximum absolute atomic E-state index is 15.2. The Balaban J connectivity index is 1.42. The second-order valence-electron chi connectivity index (χ2n) is 10.6. The molecular formula is C29H29FN6O. The van der Waals surface area contributed by atoms with Crippen molar-refractivity contribution >= 4 is 11.7 Å². The molecule has 2 fully saturated rings. The van der Waals surface area contributed by atoms with Gasteiger partial charge in [0.1, 0.15) is 23.3 Å². The molecule has 1 amide bonds. The summed E-state index contributed by atoms with van der Waals surface area (Å²) in [6.07, 6.45) is 6.42. The van der Waals surface area contributed by atoms with Crippen LogP contribution in [0.5, 0.6) is 0 Å². The van der Waals surface area contributed by atoms with Crippen molar-refractivity contribution in [1.82, 2.24) is 19.7 Å². The fraction of sp³-hybridized carbons (Fsp3) is 0.379. The summed E-state index contributed by atoms with van der Waals surface area (Å²) in [5.41, 5.74) is 4.65. The standard InChI is InChI=1S/C29H29FN6O/c1-3-26(37)36-17-29(18-36)11-13-35(16-29)28-22(15-31)27(20-6-4-5-7-23(20)30)21-9-8-19(14-24(21)33-28)25-10-12-32-34(25)2/h3-7,10,12,19H,1,8-9,11,13-14,16-18H2,2H3/t19-/m0/s1. The monoisotopic (exact) mass is 496 g/mol. The third-order valence-corrected chi connectivity index (χ3v) is 8.36. The summed E-state index contributed by atoms with van der Waals surface area (Å²) in [6, 6.07) is 11.2. The van der Waals surface area contributed by atoms with E-state index in [1.54, 1.807) is 12.1 Å². The molecule has 7 nitrogen and oxygen atoms in total. The van der Waals surface area contributed by atoms with Gasteiger partial charge < -0.3 is 9.80 Å². The smallest absolute Gasteiger partial charge is 0.245 e. The van der Waals surface area contributed by atoms with Gasteiger partial charge in [-0.25, -0.2) is 9.37 Å². The number of anilines is 1. The minimum atomic E-state index is -0.331. The fourth-order valence-electron chi connectivity index (χ4n) is 6.51. The molecule has 1 aromatic carbocycles. The third-order valence-electron chi connectivity index (χ3n) is 8.36. The van der Waals surface area contributed by atoms with Crippen LogP contribution in [0.1, 0.15) is 41.3 Å². The minimum Gasteiger partial charge on any atom is -0.355 e. The average molecular weight is 497 g/mol. The van der Waals surface area contributed by atoms with E-state index in [0.29, 0.717) is 35.6 Å². The Morgan fingerprint density at radius 2 is 2.08 bits per heavy atom. The topological polar surface area (TPSA) is 78.1 Å². The normalized spacial score (nSPS) is 19.9. The van der Waals surface area contributed by atoms with Gasteiger partial charge in [0.05, 0.1) is 0 Å². The number of nitrogens with zero attached hydrogens (tertiary/aromatic N) is 6. The number of nitriles is 1. The lowest BCUT2D eigenvalue weighted by Crippen LogP contribution is -2.59. The first-order valence-corrected chi connectivity index (χ1v) is 12.8. The van der Waals surface area contributed by atoms with Crippen LogP contribution in [0.2, 0.25) is 0 Å². The average Bonchev–Trinajstić information content (AvgIpc) is 3.53. The molecule has 2 aromatic heterocycles. The number of hydrogen-bond donors (Lipinski definition) is 0. The Kier molecular flexibility index (Phi) is 5.59. The van der Waals surface area contributed by atoms with E-state index in [1.165, 1.54) is 12.1 Å². The highest BCUT2D eigenvalue weighted by Gasteiger charge is 2.49. The summed E-state index contributed by atoms with van der Waals surface area (Å²) in [5, 5.41) is 14.7. The highest BCUT2D eigenvalue weighted by molar-refractivity contribution is 5.88. The van der Waals surface area contributed by atoms with E-state index in [-0.39, 0.29) is 23.1 Å². The zero-order chi connectivity index (χ0) is 25.7. The lowest BCUT2D eigenvalue weighted by molar-refractivity contribution is -0.136. The number of amides is 1. The molecule has 1 aliphatic carbocycles. The van der Waals surface area contributed by atoms with Crippen molar-refractivity contribution in [3.63, 3.8) is 0 Å². The Hall–Kier alpha value is -3.99. The van der Waals surface area contributed by atoms with Crippen molar-refractivity contribution in [1.29, 1.82) is 5.26 Å². The number of rotatable bonds is 4. The zero-order valence-electron chi connectivity index (χ0n) is 21.0. The van der Waals surface area contributed by atoms with E-state index < -0.39 is 0 Å². The summed E-state index contributed by atoms with van der Waals surface area (Å²) in [5.74, 6) is 0.520. The number of aryl methyl sites for hydroxylation is 1. The number of pyridine rings is 1. The molecule has 0 unspecified atom stereocenters. The molecule has 3 aliphatic rings. The quantitative estimate of drug-likeness (QED) is 0.511. The third kappa shape index (κ3) is 3.81. The van der Waals surface area contributed by atoms with Gasteiger partial charge >= 0.3 is 0 Å². The van der Waals surface area contributed by atoms with Crippen LogP contribution >= 0.6 is 0 Å². The number of benzene rings is 1. The van der Waals surface area contributed by atoms with E-state index in [2.05, 4.69) is 28.7 Å². The van der Waals surface area contributed by atoms with Gasteiger partial charge in [-0.3, -0.25) is 9.48 Å². The van der Waals surface area contributed by atoms with Crippen LogP contribution in [0.25, 0.3) is 11.1 Å². The Bertz CT molecular complexity index is 1450. The lowest BCUT2D eigenvalue weighted by Gasteiger charge is -2.47. The maximum Gasteiger partial charge on any atom is 0.245 e. The van der Waals surface area contributed by atoms with Gasteiger partial charge in [-0.15, -0.1) is 0 Å². The van der Waals surface area contributed by atoms with Gasteiger partial charge in [-0.05, 0) is 49.5 Å². The summed E-state index contributed by atoms with van der Waals surface area (Å²) in [7, 11) is 1.95. The van der Waals surface area contributed by atoms with E-state index in [9.17, 15) is 10.1 Å². The van der Waals surface area contributed by atoms with Crippen LogP contribution < -0.4 is 4.90 Å². The molecule has 1 atom stereocenters. The molecule has 37 heavy (non-hydrogen) atoms. The van der Waals surface area contributed by atoms with Gasteiger partial charge in [-0.1, -0.05) is 24.8 Å².